The molecule has 0 N–H and O–H groups in total. The van der Waals surface area contributed by atoms with E-state index < -0.39 is 5.83 Å². The molecule has 0 saturated carbocycles. The summed E-state index contributed by atoms with van der Waals surface area (Å²) < 4.78 is 18.4. The van der Waals surface area contributed by atoms with Gasteiger partial charge in [-0.1, -0.05) is 11.6 Å². The van der Waals surface area contributed by atoms with Crippen LogP contribution in [0.2, 0.25) is 0 Å². The van der Waals surface area contributed by atoms with Crippen LogP contribution in [-0.4, -0.2) is 32.8 Å². The molecule has 0 aromatic carbocycles. The summed E-state index contributed by atoms with van der Waals surface area (Å²) in [5.41, 5.74) is 0.371. The van der Waals surface area contributed by atoms with Crippen LogP contribution in [0.25, 0.3) is 0 Å². The molecule has 0 spiro atoms. The van der Waals surface area contributed by atoms with Gasteiger partial charge in [0.2, 0.25) is 5.88 Å². The van der Waals surface area contributed by atoms with Gasteiger partial charge in [0.25, 0.3) is 0 Å². The molecule has 0 aliphatic carbocycles. The van der Waals surface area contributed by atoms with Crippen LogP contribution >= 0.6 is 11.6 Å². The molecular formula is C9H9ClFN3O. The van der Waals surface area contributed by atoms with Gasteiger partial charge in [-0.3, -0.25) is 4.99 Å². The van der Waals surface area contributed by atoms with Crippen molar-refractivity contribution in [1.82, 2.24) is 0 Å². The van der Waals surface area contributed by atoms with Crippen LogP contribution in [-0.2, 0) is 4.74 Å². The lowest BCUT2D eigenvalue weighted by molar-refractivity contribution is 0.288. The Hall–Kier alpha value is -1.49. The van der Waals surface area contributed by atoms with Crippen LogP contribution in [0.1, 0.15) is 0 Å². The molecule has 0 aromatic rings. The predicted molar refractivity (Wildman–Crippen MR) is 59.4 cm³/mol. The second-order valence-electron chi connectivity index (χ2n) is 2.52. The lowest BCUT2D eigenvalue weighted by Gasteiger charge is -2.11. The normalized spacial score (nSPS) is 22.0. The first-order valence-corrected chi connectivity index (χ1v) is 4.35. The summed E-state index contributed by atoms with van der Waals surface area (Å²) in [4.78, 5) is 11.0. The molecule has 15 heavy (non-hydrogen) atoms. The van der Waals surface area contributed by atoms with Gasteiger partial charge in [0.15, 0.2) is 11.0 Å². The Morgan fingerprint density at radius 1 is 1.67 bits per heavy atom. The molecule has 0 saturated heterocycles. The van der Waals surface area contributed by atoms with Crippen LogP contribution in [0, 0.1) is 0 Å². The highest BCUT2D eigenvalue weighted by Gasteiger charge is 2.22. The van der Waals surface area contributed by atoms with E-state index in [1.807, 2.05) is 0 Å². The lowest BCUT2D eigenvalue weighted by Crippen LogP contribution is -2.13. The molecule has 1 aliphatic heterocycles. The van der Waals surface area contributed by atoms with Crippen LogP contribution in [0.4, 0.5) is 4.39 Å². The number of halogens is 2. The number of aliphatic imine (C=N–C) groups is 3. The number of ether oxygens (including phenoxy) is 1. The fourth-order valence-electron chi connectivity index (χ4n) is 1.09. The topological polar surface area (TPSA) is 46.3 Å². The zero-order valence-electron chi connectivity index (χ0n) is 8.29. The van der Waals surface area contributed by atoms with Crippen LogP contribution in [0.3, 0.4) is 0 Å². The zero-order valence-corrected chi connectivity index (χ0v) is 9.05. The number of rotatable bonds is 2. The van der Waals surface area contributed by atoms with Crippen molar-refractivity contribution in [2.45, 2.75) is 0 Å². The lowest BCUT2D eigenvalue weighted by atomic mass is 10.1. The number of nitrogens with zero attached hydrogens (tertiary/aromatic N) is 3. The van der Waals surface area contributed by atoms with E-state index in [0.717, 1.165) is 0 Å². The summed E-state index contributed by atoms with van der Waals surface area (Å²) >= 11 is 5.51. The molecule has 0 unspecified atom stereocenters. The highest BCUT2D eigenvalue weighted by Crippen LogP contribution is 2.24. The fraction of sp³-hybridized carbons (Fsp3) is 0.222. The van der Waals surface area contributed by atoms with Gasteiger partial charge >= 0.3 is 0 Å². The summed E-state index contributed by atoms with van der Waals surface area (Å²) in [7, 11) is 2.84. The Morgan fingerprint density at radius 2 is 2.33 bits per heavy atom. The summed E-state index contributed by atoms with van der Waals surface area (Å²) in [6.45, 7) is 3.30. The van der Waals surface area contributed by atoms with Gasteiger partial charge in [0, 0.05) is 13.3 Å². The van der Waals surface area contributed by atoms with Gasteiger partial charge < -0.3 is 4.74 Å². The highest BCUT2D eigenvalue weighted by atomic mass is 35.5. The minimum Gasteiger partial charge on any atom is -0.480 e. The first kappa shape index (κ1) is 11.6. The van der Waals surface area contributed by atoms with E-state index in [9.17, 15) is 4.39 Å². The predicted octanol–water partition coefficient (Wildman–Crippen LogP) is 2.08. The van der Waals surface area contributed by atoms with E-state index in [1.54, 1.807) is 0 Å². The summed E-state index contributed by atoms with van der Waals surface area (Å²) in [5, 5.41) is -0.237. The molecule has 0 amide bonds. The Morgan fingerprint density at radius 3 is 2.80 bits per heavy atom. The summed E-state index contributed by atoms with van der Waals surface area (Å²) in [5.74, 6) is -0.548. The largest absolute Gasteiger partial charge is 0.480 e. The Labute approximate surface area is 91.5 Å². The van der Waals surface area contributed by atoms with E-state index in [0.29, 0.717) is 5.57 Å². The van der Waals surface area contributed by atoms with E-state index in [2.05, 4.69) is 21.7 Å². The van der Waals surface area contributed by atoms with E-state index in [4.69, 9.17) is 16.3 Å². The number of hydrogen-bond acceptors (Lipinski definition) is 4. The minimum absolute atomic E-state index is 0.0549. The van der Waals surface area contributed by atoms with Crippen LogP contribution in [0.5, 0.6) is 0 Å². The Bertz CT molecular complexity index is 410. The SMILES string of the molecule is C=N/C(OC)=C1/C=NC(Cl)=C(F)C1=NC. The Balaban J connectivity index is 3.34. The molecule has 0 atom stereocenters. The third kappa shape index (κ3) is 2.12. The molecule has 80 valence electrons. The molecule has 6 heteroatoms. The number of hydrogen-bond donors (Lipinski definition) is 0. The average Bonchev–Trinajstić information content (AvgIpc) is 2.25. The van der Waals surface area contributed by atoms with Crippen molar-refractivity contribution in [3.8, 4) is 0 Å². The quantitative estimate of drug-likeness (QED) is 0.406. The van der Waals surface area contributed by atoms with Crippen molar-refractivity contribution in [3.05, 3.63) is 22.4 Å². The monoisotopic (exact) mass is 229 g/mol. The van der Waals surface area contributed by atoms with Crippen molar-refractivity contribution in [2.24, 2.45) is 15.0 Å². The van der Waals surface area contributed by atoms with Crippen molar-refractivity contribution >= 4 is 30.2 Å². The first-order chi connectivity index (χ1) is 7.15. The third-order valence-corrected chi connectivity index (χ3v) is 2.01. The van der Waals surface area contributed by atoms with E-state index >= 15 is 0 Å². The van der Waals surface area contributed by atoms with Crippen molar-refractivity contribution < 1.29 is 9.13 Å². The van der Waals surface area contributed by atoms with Gasteiger partial charge in [-0.05, 0) is 6.72 Å². The smallest absolute Gasteiger partial charge is 0.223 e. The maximum Gasteiger partial charge on any atom is 0.223 e. The van der Waals surface area contributed by atoms with E-state index in [-0.39, 0.29) is 16.8 Å². The molecule has 1 aliphatic rings. The van der Waals surface area contributed by atoms with Gasteiger partial charge in [0.1, 0.15) is 5.71 Å². The molecule has 0 aromatic heterocycles. The van der Waals surface area contributed by atoms with Crippen LogP contribution < -0.4 is 0 Å². The Kier molecular flexibility index (Phi) is 3.74. The van der Waals surface area contributed by atoms with Crippen molar-refractivity contribution in [3.63, 3.8) is 0 Å². The van der Waals surface area contributed by atoms with E-state index in [1.165, 1.54) is 20.4 Å². The van der Waals surface area contributed by atoms with Gasteiger partial charge in [-0.15, -0.1) is 0 Å². The van der Waals surface area contributed by atoms with Crippen molar-refractivity contribution in [2.75, 3.05) is 14.2 Å². The second-order valence-corrected chi connectivity index (χ2v) is 2.87. The average molecular weight is 230 g/mol. The molecule has 4 nitrogen and oxygen atoms in total. The van der Waals surface area contributed by atoms with Gasteiger partial charge in [0.05, 0.1) is 12.7 Å². The zero-order chi connectivity index (χ0) is 11.4. The molecule has 0 fully saturated rings. The van der Waals surface area contributed by atoms with Gasteiger partial charge in [-0.2, -0.15) is 0 Å². The molecule has 0 radical (unpaired) electrons. The standard InChI is InChI=1S/C9H9ClFN3O/c1-12-7-5(9(13-2)15-3)4-14-8(10)6(7)11/h4H,2H2,1,3H3/b9-5+,12-7?. The minimum atomic E-state index is -0.699. The fourth-order valence-corrected chi connectivity index (χ4v) is 1.23. The van der Waals surface area contributed by atoms with Crippen LogP contribution in [0.15, 0.2) is 37.4 Å². The molecule has 0 bridgehead atoms. The number of methoxy groups -OCH3 is 1. The first-order valence-electron chi connectivity index (χ1n) is 3.97. The maximum atomic E-state index is 13.5. The molecular weight excluding hydrogens is 221 g/mol. The molecule has 1 heterocycles. The highest BCUT2D eigenvalue weighted by molar-refractivity contribution is 6.37. The summed E-state index contributed by atoms with van der Waals surface area (Å²) in [6.07, 6.45) is 1.33. The molecule has 1 rings (SSSR count). The maximum absolute atomic E-state index is 13.5. The van der Waals surface area contributed by atoms with Gasteiger partial charge in [-0.25, -0.2) is 14.4 Å². The third-order valence-electron chi connectivity index (χ3n) is 1.74. The summed E-state index contributed by atoms with van der Waals surface area (Å²) in [6, 6.07) is 0. The second kappa shape index (κ2) is 4.84. The van der Waals surface area contributed by atoms with Crippen molar-refractivity contribution in [1.29, 1.82) is 0 Å². The number of allylic oxidation sites excluding steroid dienone is 2.